The molecular weight excluding hydrogens is 176 g/mol. The van der Waals surface area contributed by atoms with Crippen molar-refractivity contribution in [3.63, 3.8) is 0 Å². The Kier molecular flexibility index (Phi) is 3.06. The van der Waals surface area contributed by atoms with Crippen LogP contribution < -0.4 is 5.32 Å². The molecule has 3 heteroatoms. The van der Waals surface area contributed by atoms with Crippen molar-refractivity contribution in [2.24, 2.45) is 0 Å². The molecule has 3 nitrogen and oxygen atoms in total. The number of nitrogens with zero attached hydrogens (tertiary/aromatic N) is 1. The summed E-state index contributed by atoms with van der Waals surface area (Å²) in [5.74, 6) is 0.211. The maximum atomic E-state index is 11.3. The molecule has 80 valence electrons. The number of carbonyl (C=O) groups excluding carboxylic acids is 1. The molecule has 0 bridgehead atoms. The molecule has 0 radical (unpaired) electrons. The van der Waals surface area contributed by atoms with Gasteiger partial charge in [0, 0.05) is 25.0 Å². The number of piperidine rings is 1. The van der Waals surface area contributed by atoms with Gasteiger partial charge in [0.25, 0.3) is 0 Å². The Bertz CT molecular complexity index is 217. The van der Waals surface area contributed by atoms with Crippen LogP contribution in [-0.2, 0) is 4.79 Å². The van der Waals surface area contributed by atoms with Crippen molar-refractivity contribution in [3.05, 3.63) is 0 Å². The van der Waals surface area contributed by atoms with Crippen LogP contribution in [0.3, 0.4) is 0 Å². The molecule has 0 aliphatic carbocycles. The minimum absolute atomic E-state index is 0.211. The SMILES string of the molecule is CCC(=O)NC1CCN2CCCCC12. The first-order valence-electron chi connectivity index (χ1n) is 5.84. The zero-order chi connectivity index (χ0) is 9.97. The molecule has 2 unspecified atom stereocenters. The van der Waals surface area contributed by atoms with Crippen LogP contribution in [0.25, 0.3) is 0 Å². The second-order valence-electron chi connectivity index (χ2n) is 4.42. The zero-order valence-electron chi connectivity index (χ0n) is 8.96. The van der Waals surface area contributed by atoms with Crippen LogP contribution in [0, 0.1) is 0 Å². The van der Waals surface area contributed by atoms with Gasteiger partial charge in [-0.15, -0.1) is 0 Å². The summed E-state index contributed by atoms with van der Waals surface area (Å²) < 4.78 is 0. The molecule has 14 heavy (non-hydrogen) atoms. The van der Waals surface area contributed by atoms with Crippen molar-refractivity contribution in [3.8, 4) is 0 Å². The van der Waals surface area contributed by atoms with Crippen LogP contribution in [-0.4, -0.2) is 36.0 Å². The van der Waals surface area contributed by atoms with Gasteiger partial charge in [-0.25, -0.2) is 0 Å². The smallest absolute Gasteiger partial charge is 0.219 e. The Morgan fingerprint density at radius 2 is 2.21 bits per heavy atom. The quantitative estimate of drug-likeness (QED) is 0.718. The summed E-state index contributed by atoms with van der Waals surface area (Å²) in [6.45, 7) is 4.34. The summed E-state index contributed by atoms with van der Waals surface area (Å²) in [6, 6.07) is 1.07. The molecular formula is C11H20N2O. The summed E-state index contributed by atoms with van der Waals surface area (Å²) in [5, 5.41) is 3.15. The molecule has 2 aliphatic rings. The lowest BCUT2D eigenvalue weighted by Gasteiger charge is -2.32. The normalized spacial score (nSPS) is 32.6. The van der Waals surface area contributed by atoms with Gasteiger partial charge in [0.1, 0.15) is 0 Å². The molecule has 2 heterocycles. The van der Waals surface area contributed by atoms with E-state index in [1.165, 1.54) is 32.4 Å². The molecule has 0 saturated carbocycles. The summed E-state index contributed by atoms with van der Waals surface area (Å²) in [6.07, 6.45) is 5.71. The molecule has 1 N–H and O–H groups in total. The Hall–Kier alpha value is -0.570. The maximum absolute atomic E-state index is 11.3. The lowest BCUT2D eigenvalue weighted by Crippen LogP contribution is -2.46. The average molecular weight is 196 g/mol. The Balaban J connectivity index is 1.90. The van der Waals surface area contributed by atoms with E-state index in [9.17, 15) is 4.79 Å². The number of fused-ring (bicyclic) bond motifs is 1. The molecule has 0 aromatic rings. The summed E-state index contributed by atoms with van der Waals surface area (Å²) >= 11 is 0. The first kappa shape index (κ1) is 9.97. The lowest BCUT2D eigenvalue weighted by molar-refractivity contribution is -0.121. The van der Waals surface area contributed by atoms with Crippen LogP contribution in [0.1, 0.15) is 39.0 Å². The maximum Gasteiger partial charge on any atom is 0.219 e. The van der Waals surface area contributed by atoms with Crippen molar-refractivity contribution < 1.29 is 4.79 Å². The molecule has 0 spiro atoms. The first-order chi connectivity index (χ1) is 6.81. The third kappa shape index (κ3) is 1.92. The number of nitrogens with one attached hydrogen (secondary N) is 1. The topological polar surface area (TPSA) is 32.3 Å². The Labute approximate surface area is 85.8 Å². The molecule has 2 rings (SSSR count). The van der Waals surface area contributed by atoms with Gasteiger partial charge in [-0.3, -0.25) is 9.69 Å². The van der Waals surface area contributed by atoms with Gasteiger partial charge < -0.3 is 5.32 Å². The monoisotopic (exact) mass is 196 g/mol. The highest BCUT2D eigenvalue weighted by atomic mass is 16.1. The second kappa shape index (κ2) is 4.30. The molecule has 1 amide bonds. The number of hydrogen-bond donors (Lipinski definition) is 1. The van der Waals surface area contributed by atoms with Crippen LogP contribution >= 0.6 is 0 Å². The van der Waals surface area contributed by atoms with E-state index in [-0.39, 0.29) is 5.91 Å². The van der Waals surface area contributed by atoms with Gasteiger partial charge in [-0.05, 0) is 25.8 Å². The van der Waals surface area contributed by atoms with Gasteiger partial charge in [0.15, 0.2) is 0 Å². The van der Waals surface area contributed by atoms with Crippen molar-refractivity contribution in [1.29, 1.82) is 0 Å². The Morgan fingerprint density at radius 1 is 1.36 bits per heavy atom. The van der Waals surface area contributed by atoms with Crippen LogP contribution in [0.15, 0.2) is 0 Å². The van der Waals surface area contributed by atoms with E-state index >= 15 is 0 Å². The molecule has 0 aromatic carbocycles. The number of amides is 1. The number of rotatable bonds is 2. The zero-order valence-corrected chi connectivity index (χ0v) is 8.96. The lowest BCUT2D eigenvalue weighted by atomic mass is 9.99. The fourth-order valence-corrected chi connectivity index (χ4v) is 2.72. The van der Waals surface area contributed by atoms with Crippen LogP contribution in [0.4, 0.5) is 0 Å². The van der Waals surface area contributed by atoms with Crippen molar-refractivity contribution in [2.75, 3.05) is 13.1 Å². The summed E-state index contributed by atoms with van der Waals surface area (Å²) in [5.41, 5.74) is 0. The van der Waals surface area contributed by atoms with Crippen LogP contribution in [0.2, 0.25) is 0 Å². The van der Waals surface area contributed by atoms with Gasteiger partial charge in [0.2, 0.25) is 5.91 Å². The van der Waals surface area contributed by atoms with Gasteiger partial charge in [-0.1, -0.05) is 13.3 Å². The highest BCUT2D eigenvalue weighted by Gasteiger charge is 2.35. The second-order valence-corrected chi connectivity index (χ2v) is 4.42. The highest BCUT2D eigenvalue weighted by molar-refractivity contribution is 5.75. The van der Waals surface area contributed by atoms with Gasteiger partial charge in [-0.2, -0.15) is 0 Å². The highest BCUT2D eigenvalue weighted by Crippen LogP contribution is 2.26. The van der Waals surface area contributed by atoms with E-state index in [0.717, 1.165) is 6.42 Å². The Morgan fingerprint density at radius 3 is 3.00 bits per heavy atom. The van der Waals surface area contributed by atoms with E-state index in [1.54, 1.807) is 0 Å². The van der Waals surface area contributed by atoms with E-state index in [2.05, 4.69) is 10.2 Å². The predicted octanol–water partition coefficient (Wildman–Crippen LogP) is 1.14. The molecule has 0 aromatic heterocycles. The van der Waals surface area contributed by atoms with E-state index < -0.39 is 0 Å². The van der Waals surface area contributed by atoms with Gasteiger partial charge >= 0.3 is 0 Å². The molecule has 2 saturated heterocycles. The van der Waals surface area contributed by atoms with E-state index in [4.69, 9.17) is 0 Å². The number of carbonyl (C=O) groups is 1. The minimum Gasteiger partial charge on any atom is -0.352 e. The molecule has 2 atom stereocenters. The summed E-state index contributed by atoms with van der Waals surface area (Å²) in [7, 11) is 0. The number of hydrogen-bond acceptors (Lipinski definition) is 2. The third-order valence-electron chi connectivity index (χ3n) is 3.52. The van der Waals surface area contributed by atoms with Crippen molar-refractivity contribution >= 4 is 5.91 Å². The fraction of sp³-hybridized carbons (Fsp3) is 0.909. The average Bonchev–Trinajstić information content (AvgIpc) is 2.62. The van der Waals surface area contributed by atoms with Gasteiger partial charge in [0.05, 0.1) is 0 Å². The molecule has 2 aliphatic heterocycles. The fourth-order valence-electron chi connectivity index (χ4n) is 2.72. The standard InChI is InChI=1S/C11H20N2O/c1-2-11(14)12-9-6-8-13-7-4-3-5-10(9)13/h9-10H,2-8H2,1H3,(H,12,14). The largest absolute Gasteiger partial charge is 0.352 e. The third-order valence-corrected chi connectivity index (χ3v) is 3.52. The van der Waals surface area contributed by atoms with E-state index in [1.807, 2.05) is 6.92 Å². The predicted molar refractivity (Wildman–Crippen MR) is 56.1 cm³/mol. The summed E-state index contributed by atoms with van der Waals surface area (Å²) in [4.78, 5) is 13.9. The van der Waals surface area contributed by atoms with Crippen molar-refractivity contribution in [1.82, 2.24) is 10.2 Å². The van der Waals surface area contributed by atoms with Crippen molar-refractivity contribution in [2.45, 2.75) is 51.1 Å². The van der Waals surface area contributed by atoms with E-state index in [0.29, 0.717) is 18.5 Å². The molecule has 2 fully saturated rings. The first-order valence-corrected chi connectivity index (χ1v) is 5.84. The minimum atomic E-state index is 0.211. The van der Waals surface area contributed by atoms with Crippen LogP contribution in [0.5, 0.6) is 0 Å².